The molecule has 0 fully saturated rings. The van der Waals surface area contributed by atoms with Crippen molar-refractivity contribution in [3.8, 4) is 5.75 Å². The molecule has 2 aromatic carbocycles. The van der Waals surface area contributed by atoms with Crippen LogP contribution in [0.3, 0.4) is 0 Å². The molecule has 0 unspecified atom stereocenters. The number of hydrogen-bond donors (Lipinski definition) is 0. The van der Waals surface area contributed by atoms with Crippen molar-refractivity contribution in [1.82, 2.24) is 0 Å². The Labute approximate surface area is 127 Å². The van der Waals surface area contributed by atoms with Gasteiger partial charge in [0.1, 0.15) is 18.2 Å². The zero-order valence-corrected chi connectivity index (χ0v) is 12.3. The van der Waals surface area contributed by atoms with Crippen molar-refractivity contribution in [3.05, 3.63) is 69.3 Å². The molecule has 4 nitrogen and oxygen atoms in total. The lowest BCUT2D eigenvalue weighted by molar-refractivity contribution is -0.386. The van der Waals surface area contributed by atoms with Crippen LogP contribution in [0.25, 0.3) is 0 Å². The highest BCUT2D eigenvalue weighted by molar-refractivity contribution is 9.08. The number of nitro groups is 1. The van der Waals surface area contributed by atoms with Gasteiger partial charge in [0, 0.05) is 23.0 Å². The fourth-order valence-corrected chi connectivity index (χ4v) is 2.05. The van der Waals surface area contributed by atoms with Gasteiger partial charge in [0.25, 0.3) is 0 Å². The monoisotopic (exact) mass is 357 g/mol. The minimum atomic E-state index is -0.755. The molecule has 7 heteroatoms. The molecule has 21 heavy (non-hydrogen) atoms. The van der Waals surface area contributed by atoms with Gasteiger partial charge < -0.3 is 4.74 Å². The van der Waals surface area contributed by atoms with Crippen LogP contribution >= 0.6 is 15.9 Å². The highest BCUT2D eigenvalue weighted by Crippen LogP contribution is 2.29. The van der Waals surface area contributed by atoms with Gasteiger partial charge in [-0.15, -0.1) is 0 Å². The van der Waals surface area contributed by atoms with Crippen molar-refractivity contribution in [1.29, 1.82) is 0 Å². The van der Waals surface area contributed by atoms with Gasteiger partial charge in [0.15, 0.2) is 5.75 Å². The van der Waals surface area contributed by atoms with E-state index in [1.807, 2.05) is 0 Å². The van der Waals surface area contributed by atoms with Crippen molar-refractivity contribution in [3.63, 3.8) is 0 Å². The van der Waals surface area contributed by atoms with Gasteiger partial charge in [0.05, 0.1) is 4.92 Å². The van der Waals surface area contributed by atoms with Crippen molar-refractivity contribution >= 4 is 21.6 Å². The third-order valence-corrected chi connectivity index (χ3v) is 3.42. The second-order valence-electron chi connectivity index (χ2n) is 4.22. The number of nitro benzene ring substituents is 1. The minimum Gasteiger partial charge on any atom is -0.482 e. The largest absolute Gasteiger partial charge is 0.482 e. The first-order valence-electron chi connectivity index (χ1n) is 5.91. The van der Waals surface area contributed by atoms with Crippen LogP contribution in [-0.4, -0.2) is 4.92 Å². The number of halogens is 3. The first-order chi connectivity index (χ1) is 10.0. The summed E-state index contributed by atoms with van der Waals surface area (Å²) in [6.45, 7) is -0.222. The van der Waals surface area contributed by atoms with Crippen molar-refractivity contribution in [2.24, 2.45) is 0 Å². The zero-order chi connectivity index (χ0) is 15.4. The second kappa shape index (κ2) is 6.62. The van der Waals surface area contributed by atoms with E-state index < -0.39 is 16.6 Å². The van der Waals surface area contributed by atoms with Gasteiger partial charge in [-0.25, -0.2) is 8.78 Å². The molecule has 110 valence electrons. The van der Waals surface area contributed by atoms with Crippen LogP contribution in [0.4, 0.5) is 14.5 Å². The molecule has 0 atom stereocenters. The molecule has 0 aliphatic heterocycles. The summed E-state index contributed by atoms with van der Waals surface area (Å²) in [4.78, 5) is 10.4. The van der Waals surface area contributed by atoms with Gasteiger partial charge in [-0.3, -0.25) is 10.1 Å². The van der Waals surface area contributed by atoms with Gasteiger partial charge >= 0.3 is 5.69 Å². The summed E-state index contributed by atoms with van der Waals surface area (Å²) >= 11 is 3.21. The van der Waals surface area contributed by atoms with E-state index in [1.165, 1.54) is 18.2 Å². The maximum Gasteiger partial charge on any atom is 0.311 e. The summed E-state index contributed by atoms with van der Waals surface area (Å²) in [6.07, 6.45) is 0. The summed E-state index contributed by atoms with van der Waals surface area (Å²) in [7, 11) is 0. The lowest BCUT2D eigenvalue weighted by Crippen LogP contribution is -2.02. The predicted octanol–water partition coefficient (Wildman–Crippen LogP) is 4.35. The molecule has 0 aromatic heterocycles. The molecular weight excluding hydrogens is 348 g/mol. The van der Waals surface area contributed by atoms with Gasteiger partial charge in [0.2, 0.25) is 0 Å². The Morgan fingerprint density at radius 3 is 2.57 bits per heavy atom. The first kappa shape index (κ1) is 15.4. The van der Waals surface area contributed by atoms with E-state index in [2.05, 4.69) is 15.9 Å². The number of alkyl halides is 1. The molecule has 0 bridgehead atoms. The van der Waals surface area contributed by atoms with Crippen LogP contribution < -0.4 is 4.74 Å². The molecule has 2 rings (SSSR count). The van der Waals surface area contributed by atoms with E-state index in [-0.39, 0.29) is 23.6 Å². The minimum absolute atomic E-state index is 0.0356. The lowest BCUT2D eigenvalue weighted by Gasteiger charge is -2.08. The Bertz CT molecular complexity index is 679. The number of nitrogens with zero attached hydrogens (tertiary/aromatic N) is 1. The Balaban J connectivity index is 2.21. The van der Waals surface area contributed by atoms with Crippen LogP contribution in [0, 0.1) is 21.7 Å². The normalized spacial score (nSPS) is 10.4. The van der Waals surface area contributed by atoms with E-state index >= 15 is 0 Å². The van der Waals surface area contributed by atoms with E-state index in [1.54, 1.807) is 6.07 Å². The fraction of sp³-hybridized carbons (Fsp3) is 0.143. The SMILES string of the molecule is O=[N+]([O-])c1cc(CBr)ccc1OCc1ccc(F)cc1F. The maximum absolute atomic E-state index is 13.5. The Morgan fingerprint density at radius 1 is 1.19 bits per heavy atom. The Morgan fingerprint density at radius 2 is 1.95 bits per heavy atom. The topological polar surface area (TPSA) is 52.4 Å². The molecule has 0 aliphatic carbocycles. The summed E-state index contributed by atoms with van der Waals surface area (Å²) < 4.78 is 31.5. The fourth-order valence-electron chi connectivity index (χ4n) is 1.71. The first-order valence-corrected chi connectivity index (χ1v) is 7.03. The van der Waals surface area contributed by atoms with E-state index in [0.717, 1.165) is 17.7 Å². The van der Waals surface area contributed by atoms with Crippen molar-refractivity contribution in [2.75, 3.05) is 0 Å². The molecule has 0 radical (unpaired) electrons. The standard InChI is InChI=1S/C14H10BrF2NO3/c15-7-9-1-4-14(13(5-9)18(19)20)21-8-10-2-3-11(16)6-12(10)17/h1-6H,7-8H2. The van der Waals surface area contributed by atoms with Crippen molar-refractivity contribution < 1.29 is 18.4 Å². The highest BCUT2D eigenvalue weighted by Gasteiger charge is 2.16. The summed E-state index contributed by atoms with van der Waals surface area (Å²) in [5.41, 5.74) is 0.645. The average Bonchev–Trinajstić information content (AvgIpc) is 2.46. The third kappa shape index (κ3) is 3.75. The molecule has 0 N–H and O–H groups in total. The van der Waals surface area contributed by atoms with Gasteiger partial charge in [-0.2, -0.15) is 0 Å². The van der Waals surface area contributed by atoms with Crippen LogP contribution in [0.2, 0.25) is 0 Å². The molecule has 2 aromatic rings. The third-order valence-electron chi connectivity index (χ3n) is 2.77. The van der Waals surface area contributed by atoms with Crippen LogP contribution in [0.5, 0.6) is 5.75 Å². The molecule has 0 saturated carbocycles. The quantitative estimate of drug-likeness (QED) is 0.454. The molecule has 0 amide bonds. The summed E-state index contributed by atoms with van der Waals surface area (Å²) in [6, 6.07) is 7.58. The summed E-state index contributed by atoms with van der Waals surface area (Å²) in [5.74, 6) is -1.41. The molecular formula is C14H10BrF2NO3. The van der Waals surface area contributed by atoms with E-state index in [0.29, 0.717) is 5.33 Å². The second-order valence-corrected chi connectivity index (χ2v) is 4.78. The smallest absolute Gasteiger partial charge is 0.311 e. The molecule has 0 spiro atoms. The van der Waals surface area contributed by atoms with Gasteiger partial charge in [-0.05, 0) is 23.8 Å². The Hall–Kier alpha value is -2.02. The number of rotatable bonds is 5. The van der Waals surface area contributed by atoms with Crippen LogP contribution in [-0.2, 0) is 11.9 Å². The Kier molecular flexibility index (Phi) is 4.85. The van der Waals surface area contributed by atoms with Crippen molar-refractivity contribution in [2.45, 2.75) is 11.9 Å². The number of benzene rings is 2. The van der Waals surface area contributed by atoms with Crippen LogP contribution in [0.1, 0.15) is 11.1 Å². The molecule has 0 aliphatic rings. The predicted molar refractivity (Wildman–Crippen MR) is 76.4 cm³/mol. The lowest BCUT2D eigenvalue weighted by atomic mass is 10.2. The zero-order valence-electron chi connectivity index (χ0n) is 10.7. The summed E-state index contributed by atoms with van der Waals surface area (Å²) in [5, 5.41) is 11.5. The van der Waals surface area contributed by atoms with Crippen LogP contribution in [0.15, 0.2) is 36.4 Å². The average molecular weight is 358 g/mol. The highest BCUT2D eigenvalue weighted by atomic mass is 79.9. The van der Waals surface area contributed by atoms with Gasteiger partial charge in [-0.1, -0.05) is 22.0 Å². The van der Waals surface area contributed by atoms with E-state index in [9.17, 15) is 18.9 Å². The number of hydrogen-bond acceptors (Lipinski definition) is 3. The van der Waals surface area contributed by atoms with E-state index in [4.69, 9.17) is 4.74 Å². The maximum atomic E-state index is 13.5. The number of ether oxygens (including phenoxy) is 1. The molecule has 0 saturated heterocycles. The molecule has 0 heterocycles.